The van der Waals surface area contributed by atoms with Gasteiger partial charge < -0.3 is 19.0 Å². The van der Waals surface area contributed by atoms with Crippen molar-refractivity contribution < 1.29 is 22.1 Å². The van der Waals surface area contributed by atoms with E-state index in [4.69, 9.17) is 13.7 Å². The van der Waals surface area contributed by atoms with Gasteiger partial charge in [0.2, 0.25) is 0 Å². The van der Waals surface area contributed by atoms with Gasteiger partial charge >= 0.3 is 10.1 Å². The molecule has 0 fully saturated rings. The second-order valence-corrected chi connectivity index (χ2v) is 10.2. The van der Waals surface area contributed by atoms with Crippen LogP contribution in [0.25, 0.3) is 0 Å². The van der Waals surface area contributed by atoms with E-state index >= 15 is 0 Å². The quantitative estimate of drug-likeness (QED) is 0.153. The number of para-hydroxylation sites is 1. The average Bonchev–Trinajstić information content (AvgIpc) is 2.91. The molecule has 7 heteroatoms. The molecule has 6 nitrogen and oxygen atoms in total. The normalized spacial score (nSPS) is 11.0. The van der Waals surface area contributed by atoms with Gasteiger partial charge in [0.1, 0.15) is 16.4 Å². The predicted molar refractivity (Wildman–Crippen MR) is 151 cm³/mol. The summed E-state index contributed by atoms with van der Waals surface area (Å²) in [6.45, 7) is 8.41. The van der Waals surface area contributed by atoms with E-state index in [1.54, 1.807) is 24.3 Å². The molecule has 4 aromatic rings. The number of nitrogens with one attached hydrogen (secondary N) is 1. The van der Waals surface area contributed by atoms with Gasteiger partial charge in [-0.25, -0.2) is 0 Å². The SMILES string of the molecule is C=CCc1cc(CNc2ccc(Oc3ccccc3)cc2)cc(OCC)c1OS(=O)(=O)c1ccc(C)cc1. The lowest BCUT2D eigenvalue weighted by atomic mass is 10.1. The summed E-state index contributed by atoms with van der Waals surface area (Å²) in [6, 6.07) is 27.5. The van der Waals surface area contributed by atoms with Crippen molar-refractivity contribution in [1.82, 2.24) is 0 Å². The standard InChI is InChI=1S/C31H31NO5S/c1-4-9-25-20-24(22-32-26-14-16-28(17-15-26)36-27-10-7-6-8-11-27)21-30(35-5-2)31(25)37-38(33,34)29-18-12-23(3)13-19-29/h4,6-8,10-21,32H,1,5,9,22H2,2-3H3. The number of rotatable bonds is 12. The van der Waals surface area contributed by atoms with E-state index in [0.29, 0.717) is 30.9 Å². The molecule has 196 valence electrons. The average molecular weight is 530 g/mol. The summed E-state index contributed by atoms with van der Waals surface area (Å²) in [6.07, 6.45) is 2.12. The molecule has 0 aliphatic carbocycles. The van der Waals surface area contributed by atoms with Gasteiger partial charge in [0.15, 0.2) is 11.5 Å². The lowest BCUT2D eigenvalue weighted by Crippen LogP contribution is -2.13. The molecule has 4 rings (SSSR count). The van der Waals surface area contributed by atoms with Gasteiger partial charge in [-0.3, -0.25) is 0 Å². The number of benzene rings is 4. The Kier molecular flexibility index (Phi) is 8.71. The highest BCUT2D eigenvalue weighted by Gasteiger charge is 2.22. The Hall–Kier alpha value is -4.23. The lowest BCUT2D eigenvalue weighted by molar-refractivity contribution is 0.326. The van der Waals surface area contributed by atoms with Crippen molar-refractivity contribution in [2.75, 3.05) is 11.9 Å². The lowest BCUT2D eigenvalue weighted by Gasteiger charge is -2.18. The zero-order chi connectivity index (χ0) is 27.0. The minimum absolute atomic E-state index is 0.0838. The smallest absolute Gasteiger partial charge is 0.339 e. The molecule has 0 atom stereocenters. The summed E-state index contributed by atoms with van der Waals surface area (Å²) in [5.41, 5.74) is 3.46. The maximum atomic E-state index is 13.0. The number of ether oxygens (including phenoxy) is 2. The summed E-state index contributed by atoms with van der Waals surface area (Å²) in [4.78, 5) is 0.0838. The van der Waals surface area contributed by atoms with Crippen molar-refractivity contribution in [1.29, 1.82) is 0 Å². The van der Waals surface area contributed by atoms with E-state index in [0.717, 1.165) is 28.3 Å². The number of hydrogen-bond acceptors (Lipinski definition) is 6. The van der Waals surface area contributed by atoms with Crippen LogP contribution in [0.1, 0.15) is 23.6 Å². The van der Waals surface area contributed by atoms with Crippen molar-refractivity contribution in [2.24, 2.45) is 0 Å². The minimum atomic E-state index is -4.05. The van der Waals surface area contributed by atoms with Gasteiger partial charge in [0, 0.05) is 17.8 Å². The van der Waals surface area contributed by atoms with Crippen LogP contribution in [0, 0.1) is 6.92 Å². The fourth-order valence-electron chi connectivity index (χ4n) is 3.82. The van der Waals surface area contributed by atoms with Gasteiger partial charge in [-0.1, -0.05) is 42.0 Å². The Morgan fingerprint density at radius 2 is 1.58 bits per heavy atom. The molecular formula is C31H31NO5S. The van der Waals surface area contributed by atoms with Crippen LogP contribution < -0.4 is 19.0 Å². The van der Waals surface area contributed by atoms with E-state index in [9.17, 15) is 8.42 Å². The zero-order valence-electron chi connectivity index (χ0n) is 21.5. The van der Waals surface area contributed by atoms with Gasteiger partial charge in [0.25, 0.3) is 0 Å². The minimum Gasteiger partial charge on any atom is -0.490 e. The fourth-order valence-corrected chi connectivity index (χ4v) is 4.80. The molecule has 38 heavy (non-hydrogen) atoms. The summed E-state index contributed by atoms with van der Waals surface area (Å²) >= 11 is 0. The third-order valence-electron chi connectivity index (χ3n) is 5.69. The molecule has 0 saturated carbocycles. The van der Waals surface area contributed by atoms with Crippen LogP contribution in [0.2, 0.25) is 0 Å². The zero-order valence-corrected chi connectivity index (χ0v) is 22.3. The van der Waals surface area contributed by atoms with Crippen LogP contribution in [0.3, 0.4) is 0 Å². The summed E-state index contributed by atoms with van der Waals surface area (Å²) in [7, 11) is -4.05. The molecule has 0 aliphatic rings. The van der Waals surface area contributed by atoms with E-state index in [2.05, 4.69) is 11.9 Å². The Labute approximate surface area is 224 Å². The maximum absolute atomic E-state index is 13.0. The molecule has 0 spiro atoms. The summed E-state index contributed by atoms with van der Waals surface area (Å²) in [5, 5.41) is 3.39. The first-order chi connectivity index (χ1) is 18.4. The van der Waals surface area contributed by atoms with Crippen LogP contribution in [0.5, 0.6) is 23.0 Å². The van der Waals surface area contributed by atoms with E-state index in [1.165, 1.54) is 12.1 Å². The van der Waals surface area contributed by atoms with Crippen LogP contribution in [-0.2, 0) is 23.1 Å². The molecule has 4 aromatic carbocycles. The third kappa shape index (κ3) is 6.95. The summed E-state index contributed by atoms with van der Waals surface area (Å²) in [5.74, 6) is 2.06. The Balaban J connectivity index is 1.53. The number of allylic oxidation sites excluding steroid dienone is 1. The van der Waals surface area contributed by atoms with Gasteiger partial charge in [-0.2, -0.15) is 8.42 Å². The Morgan fingerprint density at radius 3 is 2.24 bits per heavy atom. The molecular weight excluding hydrogens is 498 g/mol. The highest BCUT2D eigenvalue weighted by molar-refractivity contribution is 7.87. The highest BCUT2D eigenvalue weighted by atomic mass is 32.2. The largest absolute Gasteiger partial charge is 0.490 e. The van der Waals surface area contributed by atoms with Crippen LogP contribution in [0.4, 0.5) is 5.69 Å². The third-order valence-corrected chi connectivity index (χ3v) is 6.92. The molecule has 0 bridgehead atoms. The predicted octanol–water partition coefficient (Wildman–Crippen LogP) is 7.29. The first-order valence-electron chi connectivity index (χ1n) is 12.4. The van der Waals surface area contributed by atoms with Crippen molar-refractivity contribution in [3.8, 4) is 23.0 Å². The Bertz CT molecular complexity index is 1470. The number of aryl methyl sites for hydroxylation is 1. The maximum Gasteiger partial charge on any atom is 0.339 e. The second kappa shape index (κ2) is 12.3. The molecule has 0 saturated heterocycles. The van der Waals surface area contributed by atoms with Crippen LogP contribution in [0.15, 0.2) is 109 Å². The van der Waals surface area contributed by atoms with Crippen LogP contribution in [-0.4, -0.2) is 15.0 Å². The van der Waals surface area contributed by atoms with Crippen molar-refractivity contribution in [2.45, 2.75) is 31.7 Å². The van der Waals surface area contributed by atoms with Gasteiger partial charge in [-0.15, -0.1) is 6.58 Å². The van der Waals surface area contributed by atoms with E-state index in [-0.39, 0.29) is 10.6 Å². The fraction of sp³-hybridized carbons (Fsp3) is 0.161. The number of hydrogen-bond donors (Lipinski definition) is 1. The first-order valence-corrected chi connectivity index (χ1v) is 13.8. The Morgan fingerprint density at radius 1 is 0.895 bits per heavy atom. The van der Waals surface area contributed by atoms with Crippen molar-refractivity contribution in [3.05, 3.63) is 120 Å². The molecule has 0 aliphatic heterocycles. The molecule has 0 heterocycles. The van der Waals surface area contributed by atoms with Crippen molar-refractivity contribution >= 4 is 15.8 Å². The topological polar surface area (TPSA) is 73.9 Å². The second-order valence-electron chi connectivity index (χ2n) is 8.65. The molecule has 0 aromatic heterocycles. The van der Waals surface area contributed by atoms with Crippen molar-refractivity contribution in [3.63, 3.8) is 0 Å². The van der Waals surface area contributed by atoms with E-state index in [1.807, 2.05) is 74.5 Å². The summed E-state index contributed by atoms with van der Waals surface area (Å²) < 4.78 is 43.4. The highest BCUT2D eigenvalue weighted by Crippen LogP contribution is 2.36. The van der Waals surface area contributed by atoms with Gasteiger partial charge in [0.05, 0.1) is 6.61 Å². The van der Waals surface area contributed by atoms with Gasteiger partial charge in [-0.05, 0) is 86.5 Å². The molecule has 0 unspecified atom stereocenters. The monoisotopic (exact) mass is 529 g/mol. The van der Waals surface area contributed by atoms with E-state index < -0.39 is 10.1 Å². The molecule has 0 amide bonds. The molecule has 0 radical (unpaired) electrons. The first kappa shape index (κ1) is 26.8. The molecule has 1 N–H and O–H groups in total. The number of anilines is 1. The van der Waals surface area contributed by atoms with Crippen LogP contribution >= 0.6 is 0 Å².